The van der Waals surface area contributed by atoms with Gasteiger partial charge in [-0.05, 0) is 24.5 Å². The van der Waals surface area contributed by atoms with Gasteiger partial charge in [0.2, 0.25) is 0 Å². The average Bonchev–Trinajstić information content (AvgIpc) is 2.97. The molecule has 0 amide bonds. The highest BCUT2D eigenvalue weighted by Gasteiger charge is 2.45. The standard InChI is InChI=1S/C10H8BrNO3/c11-8-3-7(10(6-13)1-2-10)4-9(5-8)12(14)15/h3-6H,1-2H2. The number of carbonyl (C=O) groups is 1. The van der Waals surface area contributed by atoms with Gasteiger partial charge >= 0.3 is 0 Å². The van der Waals surface area contributed by atoms with Crippen LogP contribution in [0.5, 0.6) is 0 Å². The summed E-state index contributed by atoms with van der Waals surface area (Å²) >= 11 is 3.21. The molecule has 1 aliphatic carbocycles. The second-order valence-corrected chi connectivity index (χ2v) is 4.64. The number of rotatable bonds is 3. The summed E-state index contributed by atoms with van der Waals surface area (Å²) in [7, 11) is 0. The van der Waals surface area contributed by atoms with E-state index in [9.17, 15) is 14.9 Å². The third-order valence-corrected chi connectivity index (χ3v) is 3.14. The molecule has 1 aromatic carbocycles. The number of aldehydes is 1. The second-order valence-electron chi connectivity index (χ2n) is 3.73. The van der Waals surface area contributed by atoms with Gasteiger partial charge in [-0.25, -0.2) is 0 Å². The lowest BCUT2D eigenvalue weighted by Crippen LogP contribution is -2.08. The van der Waals surface area contributed by atoms with E-state index in [2.05, 4.69) is 15.9 Å². The fraction of sp³-hybridized carbons (Fsp3) is 0.300. The molecule has 15 heavy (non-hydrogen) atoms. The van der Waals surface area contributed by atoms with Crippen LogP contribution in [0.1, 0.15) is 18.4 Å². The summed E-state index contributed by atoms with van der Waals surface area (Å²) in [6.45, 7) is 0. The van der Waals surface area contributed by atoms with E-state index in [4.69, 9.17) is 0 Å². The summed E-state index contributed by atoms with van der Waals surface area (Å²) in [5.41, 5.74) is 0.292. The molecule has 4 nitrogen and oxygen atoms in total. The lowest BCUT2D eigenvalue weighted by Gasteiger charge is -2.07. The van der Waals surface area contributed by atoms with Crippen molar-refractivity contribution in [3.05, 3.63) is 38.3 Å². The van der Waals surface area contributed by atoms with Crippen LogP contribution < -0.4 is 0 Å². The van der Waals surface area contributed by atoms with Crippen LogP contribution in [0.4, 0.5) is 5.69 Å². The molecule has 1 saturated carbocycles. The molecule has 0 saturated heterocycles. The zero-order chi connectivity index (χ0) is 11.1. The number of nitrogens with zero attached hydrogens (tertiary/aromatic N) is 1. The highest BCUT2D eigenvalue weighted by atomic mass is 79.9. The van der Waals surface area contributed by atoms with Crippen molar-refractivity contribution in [1.82, 2.24) is 0 Å². The Morgan fingerprint density at radius 1 is 1.40 bits per heavy atom. The fourth-order valence-corrected chi connectivity index (χ4v) is 2.06. The van der Waals surface area contributed by atoms with E-state index in [-0.39, 0.29) is 5.69 Å². The Morgan fingerprint density at radius 2 is 2.07 bits per heavy atom. The average molecular weight is 270 g/mol. The van der Waals surface area contributed by atoms with Gasteiger partial charge in [-0.1, -0.05) is 15.9 Å². The Balaban J connectivity index is 2.49. The minimum absolute atomic E-state index is 0.0208. The third-order valence-electron chi connectivity index (χ3n) is 2.68. The number of hydrogen-bond donors (Lipinski definition) is 0. The van der Waals surface area contributed by atoms with Crippen LogP contribution in [-0.4, -0.2) is 11.2 Å². The minimum Gasteiger partial charge on any atom is -0.302 e. The van der Waals surface area contributed by atoms with Crippen LogP contribution in [0.3, 0.4) is 0 Å². The molecule has 1 aliphatic rings. The first-order valence-electron chi connectivity index (χ1n) is 4.49. The summed E-state index contributed by atoms with van der Waals surface area (Å²) in [6, 6.07) is 4.69. The van der Waals surface area contributed by atoms with Crippen molar-refractivity contribution in [2.24, 2.45) is 0 Å². The zero-order valence-electron chi connectivity index (χ0n) is 7.77. The van der Waals surface area contributed by atoms with Crippen LogP contribution in [0.15, 0.2) is 22.7 Å². The van der Waals surface area contributed by atoms with Gasteiger partial charge in [0.25, 0.3) is 5.69 Å². The van der Waals surface area contributed by atoms with Gasteiger partial charge < -0.3 is 4.79 Å². The lowest BCUT2D eigenvalue weighted by molar-refractivity contribution is -0.385. The highest BCUT2D eigenvalue weighted by Crippen LogP contribution is 2.47. The first-order chi connectivity index (χ1) is 7.07. The van der Waals surface area contributed by atoms with Crippen LogP contribution in [0.2, 0.25) is 0 Å². The predicted molar refractivity (Wildman–Crippen MR) is 57.8 cm³/mol. The summed E-state index contributed by atoms with van der Waals surface area (Å²) in [5.74, 6) is 0. The molecule has 0 radical (unpaired) electrons. The van der Waals surface area contributed by atoms with Crippen molar-refractivity contribution >= 4 is 27.9 Å². The Hall–Kier alpha value is -1.23. The molecule has 0 spiro atoms. The maximum absolute atomic E-state index is 10.9. The Labute approximate surface area is 94.6 Å². The lowest BCUT2D eigenvalue weighted by atomic mass is 9.97. The zero-order valence-corrected chi connectivity index (χ0v) is 9.36. The van der Waals surface area contributed by atoms with Crippen molar-refractivity contribution in [3.8, 4) is 0 Å². The molecule has 78 valence electrons. The van der Waals surface area contributed by atoms with E-state index in [1.165, 1.54) is 12.1 Å². The smallest absolute Gasteiger partial charge is 0.270 e. The van der Waals surface area contributed by atoms with Crippen LogP contribution in [-0.2, 0) is 10.2 Å². The molecular formula is C10H8BrNO3. The second kappa shape index (κ2) is 3.41. The Kier molecular flexibility index (Phi) is 2.34. The maximum Gasteiger partial charge on any atom is 0.270 e. The summed E-state index contributed by atoms with van der Waals surface area (Å²) < 4.78 is 0.639. The van der Waals surface area contributed by atoms with Gasteiger partial charge in [0.05, 0.1) is 10.3 Å². The highest BCUT2D eigenvalue weighted by molar-refractivity contribution is 9.10. The first kappa shape index (κ1) is 10.3. The monoisotopic (exact) mass is 269 g/mol. The summed E-state index contributed by atoms with van der Waals surface area (Å²) in [5, 5.41) is 10.6. The van der Waals surface area contributed by atoms with E-state index in [1.807, 2.05) is 0 Å². The summed E-state index contributed by atoms with van der Waals surface area (Å²) in [4.78, 5) is 21.1. The molecular weight excluding hydrogens is 262 g/mol. The third kappa shape index (κ3) is 1.79. The molecule has 1 fully saturated rings. The van der Waals surface area contributed by atoms with E-state index >= 15 is 0 Å². The molecule has 5 heteroatoms. The largest absolute Gasteiger partial charge is 0.302 e. The number of halogens is 1. The Morgan fingerprint density at radius 3 is 2.53 bits per heavy atom. The van der Waals surface area contributed by atoms with Crippen LogP contribution in [0.25, 0.3) is 0 Å². The van der Waals surface area contributed by atoms with Crippen molar-refractivity contribution in [2.75, 3.05) is 0 Å². The number of nitro benzene ring substituents is 1. The molecule has 0 aliphatic heterocycles. The molecule has 0 aromatic heterocycles. The molecule has 2 rings (SSSR count). The number of non-ortho nitro benzene ring substituents is 1. The van der Waals surface area contributed by atoms with E-state index in [1.54, 1.807) is 6.07 Å². The Bertz CT molecular complexity index is 440. The van der Waals surface area contributed by atoms with Crippen molar-refractivity contribution in [1.29, 1.82) is 0 Å². The van der Waals surface area contributed by atoms with Crippen molar-refractivity contribution < 1.29 is 9.72 Å². The van der Waals surface area contributed by atoms with Crippen molar-refractivity contribution in [3.63, 3.8) is 0 Å². The SMILES string of the molecule is O=CC1(c2cc(Br)cc([N+](=O)[O-])c2)CC1. The fourth-order valence-electron chi connectivity index (χ4n) is 1.58. The van der Waals surface area contributed by atoms with Crippen LogP contribution in [0, 0.1) is 10.1 Å². The minimum atomic E-state index is -0.464. The molecule has 0 heterocycles. The number of hydrogen-bond acceptors (Lipinski definition) is 3. The predicted octanol–water partition coefficient (Wildman–Crippen LogP) is 2.59. The van der Waals surface area contributed by atoms with Gasteiger partial charge in [-0.2, -0.15) is 0 Å². The van der Waals surface area contributed by atoms with Gasteiger partial charge in [-0.15, -0.1) is 0 Å². The molecule has 0 bridgehead atoms. The first-order valence-corrected chi connectivity index (χ1v) is 5.28. The molecule has 1 aromatic rings. The number of benzene rings is 1. The number of nitro groups is 1. The molecule has 0 N–H and O–H groups in total. The van der Waals surface area contributed by atoms with E-state index < -0.39 is 10.3 Å². The maximum atomic E-state index is 10.9. The normalized spacial score (nSPS) is 17.1. The molecule has 0 atom stereocenters. The van der Waals surface area contributed by atoms with Crippen molar-refractivity contribution in [2.45, 2.75) is 18.3 Å². The van der Waals surface area contributed by atoms with E-state index in [0.29, 0.717) is 4.47 Å². The topological polar surface area (TPSA) is 60.2 Å². The van der Waals surface area contributed by atoms with Gasteiger partial charge in [0.15, 0.2) is 0 Å². The summed E-state index contributed by atoms with van der Waals surface area (Å²) in [6.07, 6.45) is 2.45. The quantitative estimate of drug-likeness (QED) is 0.482. The van der Waals surface area contributed by atoms with Gasteiger partial charge in [0, 0.05) is 16.6 Å². The molecule has 0 unspecified atom stereocenters. The van der Waals surface area contributed by atoms with Gasteiger partial charge in [0.1, 0.15) is 6.29 Å². The van der Waals surface area contributed by atoms with Crippen LogP contribution >= 0.6 is 15.9 Å². The van der Waals surface area contributed by atoms with E-state index in [0.717, 1.165) is 24.7 Å². The van der Waals surface area contributed by atoms with Gasteiger partial charge in [-0.3, -0.25) is 10.1 Å². The number of carbonyl (C=O) groups excluding carboxylic acids is 1.